The monoisotopic (exact) mass is 311 g/mol. The lowest BCUT2D eigenvalue weighted by Crippen LogP contribution is -2.50. The highest BCUT2D eigenvalue weighted by molar-refractivity contribution is 6.33. The van der Waals surface area contributed by atoms with E-state index in [2.05, 4.69) is 10.6 Å². The van der Waals surface area contributed by atoms with E-state index >= 15 is 0 Å². The van der Waals surface area contributed by atoms with Crippen molar-refractivity contribution in [1.29, 1.82) is 0 Å². The molecule has 0 bridgehead atoms. The van der Waals surface area contributed by atoms with Crippen LogP contribution in [0, 0.1) is 0 Å². The number of anilines is 1. The fourth-order valence-electron chi connectivity index (χ4n) is 2.42. The maximum atomic E-state index is 12.0. The summed E-state index contributed by atoms with van der Waals surface area (Å²) >= 11 is 5.96. The first-order valence-electron chi connectivity index (χ1n) is 6.83. The van der Waals surface area contributed by atoms with Gasteiger partial charge in [0.15, 0.2) is 0 Å². The van der Waals surface area contributed by atoms with E-state index in [1.165, 1.54) is 18.2 Å². The Morgan fingerprint density at radius 3 is 2.67 bits per heavy atom. The van der Waals surface area contributed by atoms with E-state index < -0.39 is 12.0 Å². The fraction of sp³-hybridized carbons (Fsp3) is 0.429. The first-order chi connectivity index (χ1) is 9.97. The van der Waals surface area contributed by atoms with Crippen molar-refractivity contribution in [3.05, 3.63) is 28.8 Å². The summed E-state index contributed by atoms with van der Waals surface area (Å²) < 4.78 is 0. The van der Waals surface area contributed by atoms with Crippen LogP contribution in [0.4, 0.5) is 10.5 Å². The van der Waals surface area contributed by atoms with E-state index in [9.17, 15) is 9.59 Å². The number of amides is 2. The SMILES string of the molecule is NC1CCCCC1NC(=O)Nc1cc(C(=O)O)ccc1Cl. The van der Waals surface area contributed by atoms with Crippen LogP contribution in [0.25, 0.3) is 0 Å². The van der Waals surface area contributed by atoms with Crippen molar-refractivity contribution in [2.24, 2.45) is 5.73 Å². The van der Waals surface area contributed by atoms with Gasteiger partial charge in [-0.05, 0) is 31.0 Å². The lowest BCUT2D eigenvalue weighted by Gasteiger charge is -2.29. The Kier molecular flexibility index (Phi) is 5.03. The molecule has 114 valence electrons. The van der Waals surface area contributed by atoms with Crippen LogP contribution >= 0.6 is 11.6 Å². The first-order valence-corrected chi connectivity index (χ1v) is 7.21. The topological polar surface area (TPSA) is 104 Å². The van der Waals surface area contributed by atoms with Crippen molar-refractivity contribution in [3.63, 3.8) is 0 Å². The third-order valence-electron chi connectivity index (χ3n) is 3.60. The van der Waals surface area contributed by atoms with Gasteiger partial charge in [0.25, 0.3) is 0 Å². The summed E-state index contributed by atoms with van der Waals surface area (Å²) in [5, 5.41) is 14.6. The number of carboxylic acid groups (broad SMARTS) is 1. The van der Waals surface area contributed by atoms with Crippen LogP contribution in [0.3, 0.4) is 0 Å². The van der Waals surface area contributed by atoms with E-state index in [-0.39, 0.29) is 28.4 Å². The number of hydrogen-bond acceptors (Lipinski definition) is 3. The molecule has 0 spiro atoms. The van der Waals surface area contributed by atoms with E-state index in [0.717, 1.165) is 25.7 Å². The molecule has 2 unspecified atom stereocenters. The third-order valence-corrected chi connectivity index (χ3v) is 3.93. The molecule has 2 atom stereocenters. The normalized spacial score (nSPS) is 21.6. The molecule has 1 fully saturated rings. The molecule has 0 saturated heterocycles. The van der Waals surface area contributed by atoms with Gasteiger partial charge >= 0.3 is 12.0 Å². The van der Waals surface area contributed by atoms with Crippen molar-refractivity contribution < 1.29 is 14.7 Å². The zero-order valence-corrected chi connectivity index (χ0v) is 12.2. The zero-order valence-electron chi connectivity index (χ0n) is 11.4. The standard InChI is InChI=1S/C14H18ClN3O3/c15-9-6-5-8(13(19)20)7-12(9)18-14(21)17-11-4-2-1-3-10(11)16/h5-7,10-11H,1-4,16H2,(H,19,20)(H2,17,18,21). The molecule has 21 heavy (non-hydrogen) atoms. The number of hydrogen-bond donors (Lipinski definition) is 4. The van der Waals surface area contributed by atoms with Gasteiger partial charge in [-0.2, -0.15) is 0 Å². The van der Waals surface area contributed by atoms with Crippen LogP contribution in [0.15, 0.2) is 18.2 Å². The van der Waals surface area contributed by atoms with Gasteiger partial charge in [0.1, 0.15) is 0 Å². The summed E-state index contributed by atoms with van der Waals surface area (Å²) in [6, 6.07) is 3.59. The van der Waals surface area contributed by atoms with Gasteiger partial charge < -0.3 is 21.5 Å². The molecule has 1 aliphatic rings. The van der Waals surface area contributed by atoms with Crippen molar-refractivity contribution in [2.45, 2.75) is 37.8 Å². The Balaban J connectivity index is 2.02. The number of aromatic carboxylic acids is 1. The molecule has 1 aliphatic carbocycles. The summed E-state index contributed by atoms with van der Waals surface area (Å²) in [4.78, 5) is 22.9. The van der Waals surface area contributed by atoms with Gasteiger partial charge in [-0.1, -0.05) is 24.4 Å². The van der Waals surface area contributed by atoms with Crippen LogP contribution < -0.4 is 16.4 Å². The third kappa shape index (κ3) is 4.09. The summed E-state index contributed by atoms with van der Waals surface area (Å²) in [5.41, 5.74) is 6.29. The number of carboxylic acids is 1. The molecule has 7 heteroatoms. The van der Waals surface area contributed by atoms with Crippen molar-refractivity contribution in [1.82, 2.24) is 5.32 Å². The zero-order chi connectivity index (χ0) is 15.4. The maximum Gasteiger partial charge on any atom is 0.335 e. The molecule has 0 aromatic heterocycles. The highest BCUT2D eigenvalue weighted by Crippen LogP contribution is 2.23. The minimum atomic E-state index is -1.08. The number of carbonyl (C=O) groups excluding carboxylic acids is 1. The smallest absolute Gasteiger partial charge is 0.335 e. The van der Waals surface area contributed by atoms with E-state index in [4.69, 9.17) is 22.4 Å². The van der Waals surface area contributed by atoms with Crippen molar-refractivity contribution >= 4 is 29.3 Å². The van der Waals surface area contributed by atoms with Gasteiger partial charge in [-0.15, -0.1) is 0 Å². The summed E-state index contributed by atoms with van der Waals surface area (Å²) in [6.07, 6.45) is 3.85. The lowest BCUT2D eigenvalue weighted by atomic mass is 9.91. The Hall–Kier alpha value is -1.79. The molecular formula is C14H18ClN3O3. The summed E-state index contributed by atoms with van der Waals surface area (Å²) in [5.74, 6) is -1.08. The molecule has 2 rings (SSSR count). The molecule has 6 nitrogen and oxygen atoms in total. The van der Waals surface area contributed by atoms with Crippen LogP contribution in [-0.4, -0.2) is 29.2 Å². The number of urea groups is 1. The Morgan fingerprint density at radius 2 is 2.00 bits per heavy atom. The number of halogens is 1. The number of carbonyl (C=O) groups is 2. The van der Waals surface area contributed by atoms with Gasteiger partial charge in [0.05, 0.1) is 16.3 Å². The average Bonchev–Trinajstić information content (AvgIpc) is 2.43. The second kappa shape index (κ2) is 6.78. The first kappa shape index (κ1) is 15.6. The molecular weight excluding hydrogens is 294 g/mol. The molecule has 0 heterocycles. The van der Waals surface area contributed by atoms with Gasteiger partial charge in [0.2, 0.25) is 0 Å². The highest BCUT2D eigenvalue weighted by atomic mass is 35.5. The average molecular weight is 312 g/mol. The van der Waals surface area contributed by atoms with Gasteiger partial charge in [-0.3, -0.25) is 0 Å². The second-order valence-electron chi connectivity index (χ2n) is 5.15. The second-order valence-corrected chi connectivity index (χ2v) is 5.56. The van der Waals surface area contributed by atoms with Crippen molar-refractivity contribution in [3.8, 4) is 0 Å². The summed E-state index contributed by atoms with van der Waals surface area (Å²) in [6.45, 7) is 0. The van der Waals surface area contributed by atoms with E-state index in [0.29, 0.717) is 0 Å². The van der Waals surface area contributed by atoms with Crippen LogP contribution in [0.5, 0.6) is 0 Å². The minimum absolute atomic E-state index is 0.0506. The van der Waals surface area contributed by atoms with Crippen LogP contribution in [0.2, 0.25) is 5.02 Å². The molecule has 2 amide bonds. The number of benzene rings is 1. The van der Waals surface area contributed by atoms with E-state index in [1.54, 1.807) is 0 Å². The molecule has 1 saturated carbocycles. The fourth-order valence-corrected chi connectivity index (χ4v) is 2.58. The predicted molar refractivity (Wildman–Crippen MR) is 80.8 cm³/mol. The number of nitrogens with one attached hydrogen (secondary N) is 2. The predicted octanol–water partition coefficient (Wildman–Crippen LogP) is 2.43. The Morgan fingerprint density at radius 1 is 1.29 bits per heavy atom. The molecule has 1 aromatic rings. The van der Waals surface area contributed by atoms with Gasteiger partial charge in [0, 0.05) is 12.1 Å². The number of rotatable bonds is 3. The minimum Gasteiger partial charge on any atom is -0.478 e. The largest absolute Gasteiger partial charge is 0.478 e. The molecule has 5 N–H and O–H groups in total. The maximum absolute atomic E-state index is 12.0. The molecule has 0 aliphatic heterocycles. The van der Waals surface area contributed by atoms with Crippen LogP contribution in [-0.2, 0) is 0 Å². The van der Waals surface area contributed by atoms with Crippen molar-refractivity contribution in [2.75, 3.05) is 5.32 Å². The highest BCUT2D eigenvalue weighted by Gasteiger charge is 2.23. The molecule has 0 radical (unpaired) electrons. The molecule has 1 aromatic carbocycles. The van der Waals surface area contributed by atoms with Crippen LogP contribution in [0.1, 0.15) is 36.0 Å². The quantitative estimate of drug-likeness (QED) is 0.688. The lowest BCUT2D eigenvalue weighted by molar-refractivity contribution is 0.0697. The number of nitrogens with two attached hydrogens (primary N) is 1. The van der Waals surface area contributed by atoms with E-state index in [1.807, 2.05) is 0 Å². The Bertz CT molecular complexity index is 550. The summed E-state index contributed by atoms with van der Waals surface area (Å²) in [7, 11) is 0. The van der Waals surface area contributed by atoms with Gasteiger partial charge in [-0.25, -0.2) is 9.59 Å². The Labute approximate surface area is 127 Å².